The van der Waals surface area contributed by atoms with Gasteiger partial charge in [0.25, 0.3) is 11.8 Å². The van der Waals surface area contributed by atoms with E-state index in [1.165, 1.54) is 12.8 Å². The molecule has 0 atom stereocenters. The molecular weight excluding hydrogens is 332 g/mol. The molecule has 1 aromatic carbocycles. The number of primary amides is 1. The molecule has 2 amide bonds. The number of rotatable bonds is 5. The second-order valence-electron chi connectivity index (χ2n) is 6.92. The van der Waals surface area contributed by atoms with Crippen LogP contribution < -0.4 is 15.4 Å². The van der Waals surface area contributed by atoms with Gasteiger partial charge in [-0.1, -0.05) is 6.07 Å². The highest BCUT2D eigenvalue weighted by molar-refractivity contribution is 6.05. The second kappa shape index (κ2) is 6.48. The summed E-state index contributed by atoms with van der Waals surface area (Å²) < 4.78 is 7.35. The third-order valence-corrected chi connectivity index (χ3v) is 4.95. The van der Waals surface area contributed by atoms with E-state index in [1.54, 1.807) is 4.90 Å². The summed E-state index contributed by atoms with van der Waals surface area (Å²) in [4.78, 5) is 25.9. The van der Waals surface area contributed by atoms with Crippen molar-refractivity contribution in [2.45, 2.75) is 31.6 Å². The van der Waals surface area contributed by atoms with E-state index in [2.05, 4.69) is 5.10 Å². The van der Waals surface area contributed by atoms with E-state index in [9.17, 15) is 9.59 Å². The van der Waals surface area contributed by atoms with Gasteiger partial charge in [0.2, 0.25) is 0 Å². The zero-order valence-electron chi connectivity index (χ0n) is 14.8. The Hall–Kier alpha value is -2.83. The van der Waals surface area contributed by atoms with E-state index < -0.39 is 5.91 Å². The van der Waals surface area contributed by atoms with Crippen molar-refractivity contribution in [3.8, 4) is 5.75 Å². The molecule has 2 aromatic rings. The third kappa shape index (κ3) is 3.05. The quantitative estimate of drug-likeness (QED) is 0.886. The number of nitrogens with zero attached hydrogens (tertiary/aromatic N) is 3. The molecule has 2 heterocycles. The molecule has 1 aromatic heterocycles. The number of amides is 2. The third-order valence-electron chi connectivity index (χ3n) is 4.95. The number of nitrogens with two attached hydrogens (primary N) is 1. The highest BCUT2D eigenvalue weighted by Crippen LogP contribution is 2.40. The summed E-state index contributed by atoms with van der Waals surface area (Å²) in [5, 5.41) is 4.43. The first-order chi connectivity index (χ1) is 12.5. The van der Waals surface area contributed by atoms with Crippen LogP contribution >= 0.6 is 0 Å². The summed E-state index contributed by atoms with van der Waals surface area (Å²) in [6.45, 7) is 0.468. The Bertz CT molecular complexity index is 870. The molecule has 1 saturated carbocycles. The van der Waals surface area contributed by atoms with Gasteiger partial charge in [-0.3, -0.25) is 14.3 Å². The smallest absolute Gasteiger partial charge is 0.278 e. The maximum Gasteiger partial charge on any atom is 0.278 e. The number of hydrogen-bond donors (Lipinski definition) is 1. The van der Waals surface area contributed by atoms with Gasteiger partial charge in [-0.2, -0.15) is 5.10 Å². The van der Waals surface area contributed by atoms with Crippen LogP contribution in [0, 0.1) is 0 Å². The van der Waals surface area contributed by atoms with Crippen LogP contribution in [0.1, 0.15) is 46.9 Å². The minimum atomic E-state index is -0.521. The summed E-state index contributed by atoms with van der Waals surface area (Å²) >= 11 is 0. The molecule has 0 saturated heterocycles. The normalized spacial score (nSPS) is 16.3. The monoisotopic (exact) mass is 354 g/mol. The summed E-state index contributed by atoms with van der Waals surface area (Å²) in [7, 11) is 1.89. The predicted molar refractivity (Wildman–Crippen MR) is 96.3 cm³/mol. The standard InChI is InChI=1S/C19H22N4O3/c1-22-16(12-7-8-12)10-14(21-22)19(25)23-9-3-4-13-15(23)5-2-6-17(13)26-11-18(20)24/h2,5-6,10,12H,3-4,7-9,11H2,1H3,(H2,20,24). The topological polar surface area (TPSA) is 90.4 Å². The van der Waals surface area contributed by atoms with Gasteiger partial charge in [0, 0.05) is 30.8 Å². The van der Waals surface area contributed by atoms with Crippen LogP contribution in [0.15, 0.2) is 24.3 Å². The summed E-state index contributed by atoms with van der Waals surface area (Å²) in [6, 6.07) is 7.46. The van der Waals surface area contributed by atoms with Crippen molar-refractivity contribution >= 4 is 17.5 Å². The molecule has 2 aliphatic rings. The minimum absolute atomic E-state index is 0.0968. The van der Waals surface area contributed by atoms with Crippen LogP contribution in [-0.2, 0) is 18.3 Å². The fraction of sp³-hybridized carbons (Fsp3) is 0.421. The van der Waals surface area contributed by atoms with E-state index in [1.807, 2.05) is 36.0 Å². The molecule has 1 aliphatic heterocycles. The number of anilines is 1. The molecule has 0 bridgehead atoms. The Kier molecular flexibility index (Phi) is 4.14. The summed E-state index contributed by atoms with van der Waals surface area (Å²) in [5.41, 5.74) is 8.54. The Labute approximate surface area is 151 Å². The first-order valence-corrected chi connectivity index (χ1v) is 8.93. The fourth-order valence-electron chi connectivity index (χ4n) is 3.57. The van der Waals surface area contributed by atoms with Crippen LogP contribution in [0.3, 0.4) is 0 Å². The highest BCUT2D eigenvalue weighted by Gasteiger charge is 2.31. The van der Waals surface area contributed by atoms with Crippen molar-refractivity contribution in [2.75, 3.05) is 18.1 Å². The lowest BCUT2D eigenvalue weighted by Crippen LogP contribution is -2.36. The predicted octanol–water partition coefficient (Wildman–Crippen LogP) is 1.75. The average Bonchev–Trinajstić information content (AvgIpc) is 3.40. The van der Waals surface area contributed by atoms with Gasteiger partial charge in [0.15, 0.2) is 12.3 Å². The van der Waals surface area contributed by atoms with Crippen LogP contribution in [0.2, 0.25) is 0 Å². The maximum absolute atomic E-state index is 13.1. The lowest BCUT2D eigenvalue weighted by molar-refractivity contribution is -0.119. The number of hydrogen-bond acceptors (Lipinski definition) is 4. The van der Waals surface area contributed by atoms with Crippen LogP contribution in [-0.4, -0.2) is 34.7 Å². The second-order valence-corrected chi connectivity index (χ2v) is 6.92. The molecule has 0 radical (unpaired) electrons. The van der Waals surface area contributed by atoms with Gasteiger partial charge in [-0.15, -0.1) is 0 Å². The number of benzene rings is 1. The van der Waals surface area contributed by atoms with Crippen molar-refractivity contribution in [3.63, 3.8) is 0 Å². The van der Waals surface area contributed by atoms with Crippen molar-refractivity contribution < 1.29 is 14.3 Å². The number of aryl methyl sites for hydroxylation is 1. The van der Waals surface area contributed by atoms with Crippen LogP contribution in [0.25, 0.3) is 0 Å². The molecule has 1 aliphatic carbocycles. The molecule has 136 valence electrons. The van der Waals surface area contributed by atoms with Gasteiger partial charge >= 0.3 is 0 Å². The molecule has 7 heteroatoms. The van der Waals surface area contributed by atoms with Gasteiger partial charge in [0.1, 0.15) is 5.75 Å². The molecule has 1 fully saturated rings. The van der Waals surface area contributed by atoms with Gasteiger partial charge in [-0.25, -0.2) is 0 Å². The summed E-state index contributed by atoms with van der Waals surface area (Å²) in [5.74, 6) is 0.530. The molecule has 0 unspecified atom stereocenters. The molecule has 0 spiro atoms. The SMILES string of the molecule is Cn1nc(C(=O)N2CCCc3c(OCC(N)=O)cccc32)cc1C1CC1. The Morgan fingerprint density at radius 3 is 2.88 bits per heavy atom. The lowest BCUT2D eigenvalue weighted by atomic mass is 10.00. The molecule has 2 N–H and O–H groups in total. The van der Waals surface area contributed by atoms with Crippen molar-refractivity contribution in [3.05, 3.63) is 41.2 Å². The minimum Gasteiger partial charge on any atom is -0.483 e. The van der Waals surface area contributed by atoms with Crippen molar-refractivity contribution in [1.29, 1.82) is 0 Å². The first kappa shape index (κ1) is 16.6. The highest BCUT2D eigenvalue weighted by atomic mass is 16.5. The van der Waals surface area contributed by atoms with E-state index >= 15 is 0 Å². The van der Waals surface area contributed by atoms with E-state index in [0.29, 0.717) is 23.9 Å². The van der Waals surface area contributed by atoms with Crippen LogP contribution in [0.5, 0.6) is 5.75 Å². The van der Waals surface area contributed by atoms with Crippen LogP contribution in [0.4, 0.5) is 5.69 Å². The lowest BCUT2D eigenvalue weighted by Gasteiger charge is -2.30. The van der Waals surface area contributed by atoms with Gasteiger partial charge < -0.3 is 15.4 Å². The maximum atomic E-state index is 13.1. The molecule has 26 heavy (non-hydrogen) atoms. The zero-order valence-corrected chi connectivity index (χ0v) is 14.8. The van der Waals surface area contributed by atoms with E-state index in [-0.39, 0.29) is 12.5 Å². The molecule has 4 rings (SSSR count). The largest absolute Gasteiger partial charge is 0.483 e. The fourth-order valence-corrected chi connectivity index (χ4v) is 3.57. The number of carbonyl (C=O) groups excluding carboxylic acids is 2. The number of ether oxygens (including phenoxy) is 1. The first-order valence-electron chi connectivity index (χ1n) is 8.93. The molecule has 7 nitrogen and oxygen atoms in total. The van der Waals surface area contributed by atoms with Crippen molar-refractivity contribution in [2.24, 2.45) is 12.8 Å². The van der Waals surface area contributed by atoms with E-state index in [4.69, 9.17) is 10.5 Å². The van der Waals surface area contributed by atoms with Crippen molar-refractivity contribution in [1.82, 2.24) is 9.78 Å². The Balaban J connectivity index is 1.63. The summed E-state index contributed by atoms with van der Waals surface area (Å²) in [6.07, 6.45) is 3.96. The number of fused-ring (bicyclic) bond motifs is 1. The molecular formula is C19H22N4O3. The average molecular weight is 354 g/mol. The van der Waals surface area contributed by atoms with Gasteiger partial charge in [0.05, 0.1) is 5.69 Å². The Morgan fingerprint density at radius 1 is 1.35 bits per heavy atom. The number of aromatic nitrogens is 2. The number of carbonyl (C=O) groups is 2. The Morgan fingerprint density at radius 2 is 2.15 bits per heavy atom. The van der Waals surface area contributed by atoms with Gasteiger partial charge in [-0.05, 0) is 43.9 Å². The zero-order chi connectivity index (χ0) is 18.3. The van der Waals surface area contributed by atoms with E-state index in [0.717, 1.165) is 29.8 Å².